The third-order valence-corrected chi connectivity index (χ3v) is 5.07. The molecule has 0 saturated carbocycles. The molecule has 1 heterocycles. The predicted molar refractivity (Wildman–Crippen MR) is 115 cm³/mol. The topological polar surface area (TPSA) is 24.9 Å². The van der Waals surface area contributed by atoms with Crippen molar-refractivity contribution in [3.05, 3.63) is 53.1 Å². The summed E-state index contributed by atoms with van der Waals surface area (Å²) in [5, 5.41) is 0.682. The Kier molecular flexibility index (Phi) is 8.55. The molecule has 0 unspecified atom stereocenters. The fraction of sp³-hybridized carbons (Fsp3) is 0.429. The second-order valence-corrected chi connectivity index (χ2v) is 7.04. The van der Waals surface area contributed by atoms with Crippen molar-refractivity contribution in [2.45, 2.75) is 13.3 Å². The fourth-order valence-electron chi connectivity index (χ4n) is 3.29. The molecule has 27 heavy (non-hydrogen) atoms. The minimum absolute atomic E-state index is 0. The van der Waals surface area contributed by atoms with Crippen molar-refractivity contribution in [2.75, 3.05) is 51.3 Å². The molecule has 1 fully saturated rings. The van der Waals surface area contributed by atoms with E-state index in [-0.39, 0.29) is 12.4 Å². The fourth-order valence-corrected chi connectivity index (χ4v) is 3.47. The zero-order chi connectivity index (χ0) is 18.4. The van der Waals surface area contributed by atoms with Crippen molar-refractivity contribution >= 4 is 29.7 Å². The second-order valence-electron chi connectivity index (χ2n) is 6.64. The molecule has 6 heteroatoms. The minimum Gasteiger partial charge on any atom is -0.495 e. The SMILES string of the molecule is COc1ccccc1N1CCN(CCCOc2cc(C)ccc2Cl)CC1.Cl. The van der Waals surface area contributed by atoms with Crippen molar-refractivity contribution in [2.24, 2.45) is 0 Å². The summed E-state index contributed by atoms with van der Waals surface area (Å²) in [4.78, 5) is 4.89. The molecule has 0 radical (unpaired) electrons. The van der Waals surface area contributed by atoms with E-state index in [0.717, 1.165) is 56.2 Å². The molecular formula is C21H28Cl2N2O2. The van der Waals surface area contributed by atoms with Crippen LogP contribution in [-0.2, 0) is 0 Å². The molecule has 0 atom stereocenters. The number of para-hydroxylation sites is 2. The van der Waals surface area contributed by atoms with E-state index in [1.54, 1.807) is 7.11 Å². The van der Waals surface area contributed by atoms with Crippen LogP contribution in [-0.4, -0.2) is 51.3 Å². The Bertz CT molecular complexity index is 719. The van der Waals surface area contributed by atoms with E-state index < -0.39 is 0 Å². The van der Waals surface area contributed by atoms with Gasteiger partial charge in [-0.1, -0.05) is 29.8 Å². The lowest BCUT2D eigenvalue weighted by Crippen LogP contribution is -2.46. The van der Waals surface area contributed by atoms with Crippen LogP contribution in [0.3, 0.4) is 0 Å². The first kappa shape index (κ1) is 21.7. The summed E-state index contributed by atoms with van der Waals surface area (Å²) >= 11 is 6.17. The van der Waals surface area contributed by atoms with Crippen LogP contribution in [0.15, 0.2) is 42.5 Å². The highest BCUT2D eigenvalue weighted by atomic mass is 35.5. The van der Waals surface area contributed by atoms with Crippen LogP contribution in [0.2, 0.25) is 5.02 Å². The zero-order valence-corrected chi connectivity index (χ0v) is 17.6. The summed E-state index contributed by atoms with van der Waals surface area (Å²) in [5.74, 6) is 1.73. The van der Waals surface area contributed by atoms with Gasteiger partial charge in [-0.05, 0) is 43.2 Å². The minimum atomic E-state index is 0. The molecule has 148 valence electrons. The highest BCUT2D eigenvalue weighted by molar-refractivity contribution is 6.32. The number of rotatable bonds is 7. The van der Waals surface area contributed by atoms with Gasteiger partial charge in [-0.3, -0.25) is 4.90 Å². The van der Waals surface area contributed by atoms with Crippen molar-refractivity contribution in [3.8, 4) is 11.5 Å². The Morgan fingerprint density at radius 3 is 2.48 bits per heavy atom. The van der Waals surface area contributed by atoms with E-state index in [1.807, 2.05) is 37.3 Å². The number of methoxy groups -OCH3 is 1. The third-order valence-electron chi connectivity index (χ3n) is 4.76. The number of hydrogen-bond acceptors (Lipinski definition) is 4. The quantitative estimate of drug-likeness (QED) is 0.619. The van der Waals surface area contributed by atoms with Crippen LogP contribution in [0.4, 0.5) is 5.69 Å². The summed E-state index contributed by atoms with van der Waals surface area (Å²) < 4.78 is 11.3. The Hall–Kier alpha value is -1.62. The molecule has 1 saturated heterocycles. The largest absolute Gasteiger partial charge is 0.495 e. The first-order chi connectivity index (χ1) is 12.7. The van der Waals surface area contributed by atoms with E-state index in [9.17, 15) is 0 Å². The molecule has 0 N–H and O–H groups in total. The molecule has 2 aromatic rings. The van der Waals surface area contributed by atoms with Crippen LogP contribution >= 0.6 is 24.0 Å². The van der Waals surface area contributed by atoms with Gasteiger partial charge in [-0.2, -0.15) is 0 Å². The Morgan fingerprint density at radius 1 is 1.00 bits per heavy atom. The van der Waals surface area contributed by atoms with Crippen molar-refractivity contribution in [1.29, 1.82) is 0 Å². The number of aryl methyl sites for hydroxylation is 1. The lowest BCUT2D eigenvalue weighted by Gasteiger charge is -2.36. The van der Waals surface area contributed by atoms with Gasteiger partial charge in [0.25, 0.3) is 0 Å². The van der Waals surface area contributed by atoms with Gasteiger partial charge >= 0.3 is 0 Å². The summed E-state index contributed by atoms with van der Waals surface area (Å²) in [6.07, 6.45) is 0.999. The second kappa shape index (κ2) is 10.6. The smallest absolute Gasteiger partial charge is 0.142 e. The van der Waals surface area contributed by atoms with Gasteiger partial charge < -0.3 is 14.4 Å². The molecule has 1 aliphatic heterocycles. The number of ether oxygens (including phenoxy) is 2. The maximum absolute atomic E-state index is 6.17. The highest BCUT2D eigenvalue weighted by Crippen LogP contribution is 2.28. The molecule has 0 aliphatic carbocycles. The monoisotopic (exact) mass is 410 g/mol. The van der Waals surface area contributed by atoms with Gasteiger partial charge in [0.05, 0.1) is 24.4 Å². The van der Waals surface area contributed by atoms with E-state index in [2.05, 4.69) is 21.9 Å². The van der Waals surface area contributed by atoms with Crippen LogP contribution < -0.4 is 14.4 Å². The van der Waals surface area contributed by atoms with Gasteiger partial charge in [-0.25, -0.2) is 0 Å². The molecule has 1 aliphatic rings. The van der Waals surface area contributed by atoms with Crippen LogP contribution in [0.25, 0.3) is 0 Å². The highest BCUT2D eigenvalue weighted by Gasteiger charge is 2.19. The van der Waals surface area contributed by atoms with E-state index in [1.165, 1.54) is 5.69 Å². The maximum atomic E-state index is 6.17. The van der Waals surface area contributed by atoms with E-state index >= 15 is 0 Å². The van der Waals surface area contributed by atoms with Gasteiger partial charge in [0.15, 0.2) is 0 Å². The lowest BCUT2D eigenvalue weighted by molar-refractivity contribution is 0.224. The molecule has 2 aromatic carbocycles. The molecule has 4 nitrogen and oxygen atoms in total. The Morgan fingerprint density at radius 2 is 1.74 bits per heavy atom. The first-order valence-corrected chi connectivity index (χ1v) is 9.54. The van der Waals surface area contributed by atoms with Crippen LogP contribution in [0, 0.1) is 6.92 Å². The first-order valence-electron chi connectivity index (χ1n) is 9.16. The van der Waals surface area contributed by atoms with Crippen molar-refractivity contribution in [1.82, 2.24) is 4.90 Å². The molecule has 0 amide bonds. The average Bonchev–Trinajstić information content (AvgIpc) is 2.68. The normalized spacial score (nSPS) is 14.6. The number of benzene rings is 2. The maximum Gasteiger partial charge on any atom is 0.142 e. The van der Waals surface area contributed by atoms with Crippen LogP contribution in [0.5, 0.6) is 11.5 Å². The number of nitrogens with zero attached hydrogens (tertiary/aromatic N) is 2. The summed E-state index contributed by atoms with van der Waals surface area (Å²) in [5.41, 5.74) is 2.35. The predicted octanol–water partition coefficient (Wildman–Crippen LogP) is 4.67. The standard InChI is InChI=1S/C21H27ClN2O2.ClH/c1-17-8-9-18(22)21(16-17)26-15-5-10-23-11-13-24(14-12-23)19-6-3-4-7-20(19)25-2;/h3-4,6-9,16H,5,10-15H2,1-2H3;1H. The Labute approximate surface area is 173 Å². The van der Waals surface area contributed by atoms with Crippen molar-refractivity contribution in [3.63, 3.8) is 0 Å². The van der Waals surface area contributed by atoms with Gasteiger partial charge in [0.2, 0.25) is 0 Å². The average molecular weight is 411 g/mol. The lowest BCUT2D eigenvalue weighted by atomic mass is 10.2. The molecule has 0 aromatic heterocycles. The number of hydrogen-bond donors (Lipinski definition) is 0. The summed E-state index contributed by atoms with van der Waals surface area (Å²) in [6, 6.07) is 14.1. The number of anilines is 1. The van der Waals surface area contributed by atoms with Gasteiger partial charge in [0, 0.05) is 32.7 Å². The van der Waals surface area contributed by atoms with E-state index in [0.29, 0.717) is 11.6 Å². The van der Waals surface area contributed by atoms with Crippen LogP contribution in [0.1, 0.15) is 12.0 Å². The molecule has 0 spiro atoms. The Balaban J connectivity index is 0.00000261. The molecule has 3 rings (SSSR count). The summed E-state index contributed by atoms with van der Waals surface area (Å²) in [6.45, 7) is 7.94. The summed E-state index contributed by atoms with van der Waals surface area (Å²) in [7, 11) is 1.73. The zero-order valence-electron chi connectivity index (χ0n) is 16.0. The number of halogens is 2. The third kappa shape index (κ3) is 5.93. The van der Waals surface area contributed by atoms with Crippen molar-refractivity contribution < 1.29 is 9.47 Å². The van der Waals surface area contributed by atoms with Gasteiger partial charge in [0.1, 0.15) is 11.5 Å². The number of piperazine rings is 1. The molecular weight excluding hydrogens is 383 g/mol. The van der Waals surface area contributed by atoms with Gasteiger partial charge in [-0.15, -0.1) is 12.4 Å². The molecule has 0 bridgehead atoms. The van der Waals surface area contributed by atoms with E-state index in [4.69, 9.17) is 21.1 Å².